The predicted molar refractivity (Wildman–Crippen MR) is 24.6 cm³/mol. The first-order valence-electron chi connectivity index (χ1n) is 0.991. The highest BCUT2D eigenvalue weighted by molar-refractivity contribution is 6.67. The van der Waals surface area contributed by atoms with Crippen LogP contribution in [0.2, 0.25) is 0 Å². The summed E-state index contributed by atoms with van der Waals surface area (Å²) in [4.78, 5) is 0. The van der Waals surface area contributed by atoms with E-state index in [0.29, 0.717) is 0 Å². The Morgan fingerprint density at radius 1 is 1.33 bits per heavy atom. The molecule has 4 radical (unpaired) electrons. The standard InChI is InChI=1S/CCl3N2/c2-1(3,4)6-5/q+1. The zero-order valence-corrected chi connectivity index (χ0v) is 4.80. The van der Waals surface area contributed by atoms with E-state index in [2.05, 4.69) is 5.43 Å². The van der Waals surface area contributed by atoms with Crippen LogP contribution in [0, 0.1) is 0 Å². The van der Waals surface area contributed by atoms with Gasteiger partial charge in [-0.2, -0.15) is 0 Å². The van der Waals surface area contributed by atoms with Crippen molar-refractivity contribution in [2.24, 2.45) is 0 Å². The topological polar surface area (TPSA) is 36.4 Å². The largest absolute Gasteiger partial charge is 0.460 e. The third-order valence-electron chi connectivity index (χ3n) is 0.113. The minimum absolute atomic E-state index is 1.86. The molecule has 0 bridgehead atoms. The van der Waals surface area contributed by atoms with E-state index in [1.165, 1.54) is 0 Å². The molecule has 2 nitrogen and oxygen atoms in total. The van der Waals surface area contributed by atoms with Gasteiger partial charge in [0.1, 0.15) is 0 Å². The summed E-state index contributed by atoms with van der Waals surface area (Å²) in [6.07, 6.45) is 0. The Kier molecular flexibility index (Phi) is 2.48. The van der Waals surface area contributed by atoms with Crippen molar-refractivity contribution in [1.29, 1.82) is 0 Å². The number of rotatable bonds is 0. The van der Waals surface area contributed by atoms with Crippen molar-refractivity contribution in [3.63, 3.8) is 0 Å². The molecule has 0 fully saturated rings. The lowest BCUT2D eigenvalue weighted by Crippen LogP contribution is -2.17. The Hall–Kier alpha value is 0.790. The molecule has 0 aromatic rings. The van der Waals surface area contributed by atoms with E-state index in [9.17, 15) is 0 Å². The quantitative estimate of drug-likeness (QED) is 0.277. The van der Waals surface area contributed by atoms with Crippen molar-refractivity contribution >= 4 is 34.8 Å². The second kappa shape index (κ2) is 2.19. The summed E-state index contributed by atoms with van der Waals surface area (Å²) in [6, 6.07) is 0. The van der Waals surface area contributed by atoms with Crippen molar-refractivity contribution in [3.05, 3.63) is 0 Å². The van der Waals surface area contributed by atoms with Gasteiger partial charge in [0.05, 0.1) is 0 Å². The molecule has 0 saturated carbocycles. The fraction of sp³-hybridized carbons (Fsp3) is 1.00. The Bertz CT molecular complexity index is 38.5. The Labute approximate surface area is 50.5 Å². The summed E-state index contributed by atoms with van der Waals surface area (Å²) >= 11 is 14.5. The number of alkyl halides is 3. The highest BCUT2D eigenvalue weighted by atomic mass is 35.6. The number of hydrogen-bond acceptors (Lipinski definition) is 0. The van der Waals surface area contributed by atoms with Gasteiger partial charge in [-0.25, -0.2) is 0 Å². The average Bonchev–Trinajstić information content (AvgIpc) is 1.35. The molecule has 0 N–H and O–H groups in total. The van der Waals surface area contributed by atoms with Crippen molar-refractivity contribution in [1.82, 2.24) is 11.3 Å². The van der Waals surface area contributed by atoms with Gasteiger partial charge in [0.25, 0.3) is 11.3 Å². The summed E-state index contributed by atoms with van der Waals surface area (Å²) in [5.41, 5.74) is 2.32. The van der Waals surface area contributed by atoms with Gasteiger partial charge < -0.3 is 0 Å². The van der Waals surface area contributed by atoms with Gasteiger partial charge in [-0.3, -0.25) is 0 Å². The molecule has 0 saturated heterocycles. The molecule has 0 heterocycles. The van der Waals surface area contributed by atoms with Gasteiger partial charge >= 0.3 is 3.92 Å². The summed E-state index contributed by atoms with van der Waals surface area (Å²) in [7, 11) is 0. The third-order valence-corrected chi connectivity index (χ3v) is 0.340. The van der Waals surface area contributed by atoms with Gasteiger partial charge in [-0.1, -0.05) is 0 Å². The summed E-state index contributed by atoms with van der Waals surface area (Å²) < 4.78 is -1.86. The SMILES string of the molecule is [N][N+]C(Cl)(Cl)Cl. The first kappa shape index (κ1) is 6.79. The van der Waals surface area contributed by atoms with Gasteiger partial charge in [0.15, 0.2) is 0 Å². The highest BCUT2D eigenvalue weighted by Gasteiger charge is 2.36. The predicted octanol–water partition coefficient (Wildman–Crippen LogP) is 0.902. The van der Waals surface area contributed by atoms with Crippen LogP contribution in [0.3, 0.4) is 0 Å². The van der Waals surface area contributed by atoms with Crippen LogP contribution in [0.15, 0.2) is 0 Å². The van der Waals surface area contributed by atoms with E-state index < -0.39 is 3.92 Å². The summed E-state index contributed by atoms with van der Waals surface area (Å²) in [6.45, 7) is 0. The molecule has 5 heteroatoms. The van der Waals surface area contributed by atoms with Crippen LogP contribution in [0.4, 0.5) is 0 Å². The highest BCUT2D eigenvalue weighted by Crippen LogP contribution is 2.21. The fourth-order valence-corrected chi connectivity index (χ4v) is 0. The van der Waals surface area contributed by atoms with Crippen LogP contribution >= 0.6 is 34.8 Å². The second-order valence-electron chi connectivity index (χ2n) is 0.568. The van der Waals surface area contributed by atoms with E-state index in [1.807, 2.05) is 0 Å². The van der Waals surface area contributed by atoms with E-state index in [-0.39, 0.29) is 0 Å². The van der Waals surface area contributed by atoms with Crippen LogP contribution in [-0.2, 0) is 0 Å². The van der Waals surface area contributed by atoms with Gasteiger partial charge in [0.2, 0.25) is 0 Å². The zero-order chi connectivity index (χ0) is 5.21. The molecule has 0 aromatic carbocycles. The monoisotopic (exact) mass is 145 g/mol. The molecule has 0 aliphatic heterocycles. The van der Waals surface area contributed by atoms with Gasteiger partial charge in [-0.15, -0.1) is 0 Å². The Morgan fingerprint density at radius 2 is 1.50 bits per heavy atom. The minimum Gasteiger partial charge on any atom is -0.00436 e. The number of halogens is 3. The van der Waals surface area contributed by atoms with Crippen molar-refractivity contribution < 1.29 is 0 Å². The maximum absolute atomic E-state index is 7.63. The maximum Gasteiger partial charge on any atom is 0.460 e. The van der Waals surface area contributed by atoms with Crippen LogP contribution in [0.5, 0.6) is 0 Å². The lowest BCUT2D eigenvalue weighted by Gasteiger charge is -1.81. The molecule has 6 heavy (non-hydrogen) atoms. The number of hydrogen-bond donors (Lipinski definition) is 0. The van der Waals surface area contributed by atoms with Gasteiger partial charge in [0, 0.05) is 0 Å². The van der Waals surface area contributed by atoms with E-state index in [0.717, 1.165) is 0 Å². The van der Waals surface area contributed by atoms with Crippen molar-refractivity contribution in [3.8, 4) is 0 Å². The summed E-state index contributed by atoms with van der Waals surface area (Å²) in [5, 5.41) is 0. The maximum atomic E-state index is 7.63. The van der Waals surface area contributed by atoms with Crippen LogP contribution in [0.25, 0.3) is 0 Å². The van der Waals surface area contributed by atoms with E-state index >= 15 is 0 Å². The molecule has 0 aromatic heterocycles. The molecule has 0 amide bonds. The van der Waals surface area contributed by atoms with Crippen LogP contribution < -0.4 is 11.3 Å². The summed E-state index contributed by atoms with van der Waals surface area (Å²) in [5.74, 6) is 7.63. The van der Waals surface area contributed by atoms with Gasteiger partial charge in [-0.05, 0) is 34.8 Å². The molecule has 34 valence electrons. The number of nitrogens with zero attached hydrogens (tertiary/aromatic N) is 2. The molecule has 0 rings (SSSR count). The molecular formula is CCl3N2+. The Balaban J connectivity index is 3.17. The normalized spacial score (nSPS) is 12.0. The van der Waals surface area contributed by atoms with Crippen molar-refractivity contribution in [2.75, 3.05) is 0 Å². The molecule has 0 aliphatic rings. The molecule has 0 atom stereocenters. The molecule has 0 unspecified atom stereocenters. The third kappa shape index (κ3) is 4.79. The lowest BCUT2D eigenvalue weighted by atomic mass is 11.4. The van der Waals surface area contributed by atoms with E-state index in [1.54, 1.807) is 0 Å². The Morgan fingerprint density at radius 3 is 1.50 bits per heavy atom. The smallest absolute Gasteiger partial charge is 0.00436 e. The average molecular weight is 146 g/mol. The minimum atomic E-state index is -1.86. The lowest BCUT2D eigenvalue weighted by molar-refractivity contribution is 0.723. The molecular weight excluding hydrogens is 146 g/mol. The first-order chi connectivity index (χ1) is 2.56. The molecule has 0 aliphatic carbocycles. The van der Waals surface area contributed by atoms with E-state index in [4.69, 9.17) is 40.6 Å². The van der Waals surface area contributed by atoms with Crippen molar-refractivity contribution in [2.45, 2.75) is 3.92 Å². The second-order valence-corrected chi connectivity index (χ2v) is 2.79. The zero-order valence-electron chi connectivity index (χ0n) is 2.53. The fourth-order valence-electron chi connectivity index (χ4n) is 0. The van der Waals surface area contributed by atoms with Crippen LogP contribution in [-0.4, -0.2) is 3.92 Å². The molecule has 0 spiro atoms. The first-order valence-corrected chi connectivity index (χ1v) is 2.12. The van der Waals surface area contributed by atoms with Crippen LogP contribution in [0.1, 0.15) is 0 Å².